The normalized spacial score (nSPS) is 17.8. The van der Waals surface area contributed by atoms with Crippen molar-refractivity contribution < 1.29 is 4.52 Å². The molecular weight excluding hydrogens is 260 g/mol. The third kappa shape index (κ3) is 2.16. The highest BCUT2D eigenvalue weighted by molar-refractivity contribution is 6.16. The van der Waals surface area contributed by atoms with Crippen LogP contribution in [0.3, 0.4) is 0 Å². The zero-order valence-corrected chi connectivity index (χ0v) is 11.8. The summed E-state index contributed by atoms with van der Waals surface area (Å²) in [6, 6.07) is 8.69. The molecule has 4 heteroatoms. The summed E-state index contributed by atoms with van der Waals surface area (Å²) >= 11 is 5.76. The number of nitrogens with zero attached hydrogens (tertiary/aromatic N) is 2. The fourth-order valence-corrected chi connectivity index (χ4v) is 3.10. The Morgan fingerprint density at radius 3 is 2.47 bits per heavy atom. The Labute approximate surface area is 118 Å². The van der Waals surface area contributed by atoms with Gasteiger partial charge in [0.2, 0.25) is 5.89 Å². The van der Waals surface area contributed by atoms with Crippen LogP contribution >= 0.6 is 11.6 Å². The molecule has 1 fully saturated rings. The summed E-state index contributed by atoms with van der Waals surface area (Å²) in [7, 11) is 0. The van der Waals surface area contributed by atoms with Gasteiger partial charge in [-0.2, -0.15) is 4.98 Å². The van der Waals surface area contributed by atoms with Crippen LogP contribution in [0.25, 0.3) is 0 Å². The molecule has 0 amide bonds. The Kier molecular flexibility index (Phi) is 3.31. The zero-order valence-electron chi connectivity index (χ0n) is 11.0. The fourth-order valence-electron chi connectivity index (χ4n) is 3.00. The molecule has 3 nitrogen and oxygen atoms in total. The van der Waals surface area contributed by atoms with E-state index in [4.69, 9.17) is 16.1 Å². The highest BCUT2D eigenvalue weighted by Gasteiger charge is 2.41. The molecule has 0 radical (unpaired) electrons. The average Bonchev–Trinajstić information content (AvgIpc) is 3.09. The number of benzene rings is 1. The van der Waals surface area contributed by atoms with E-state index in [-0.39, 0.29) is 11.3 Å². The highest BCUT2D eigenvalue weighted by atomic mass is 35.5. The third-order valence-corrected chi connectivity index (χ3v) is 4.30. The first-order chi connectivity index (χ1) is 9.24. The van der Waals surface area contributed by atoms with Gasteiger partial charge in [-0.15, -0.1) is 11.6 Å². The SMILES string of the molecule is Cc1ccc(C2(c3noc(CCl)n3)CCCC2)cc1. The molecule has 1 aromatic heterocycles. The minimum Gasteiger partial charge on any atom is -0.338 e. The molecule has 0 unspecified atom stereocenters. The lowest BCUT2D eigenvalue weighted by atomic mass is 9.78. The van der Waals surface area contributed by atoms with Crippen LogP contribution in [0.4, 0.5) is 0 Å². The van der Waals surface area contributed by atoms with Gasteiger partial charge >= 0.3 is 0 Å². The van der Waals surface area contributed by atoms with Crippen LogP contribution in [-0.2, 0) is 11.3 Å². The molecule has 100 valence electrons. The molecule has 0 N–H and O–H groups in total. The molecule has 1 aliphatic rings. The standard InChI is InChI=1S/C15H17ClN2O/c1-11-4-6-12(7-5-11)15(8-2-3-9-15)14-17-13(10-16)19-18-14/h4-7H,2-3,8-10H2,1H3. The van der Waals surface area contributed by atoms with Crippen molar-refractivity contribution >= 4 is 11.6 Å². The first kappa shape index (κ1) is 12.7. The van der Waals surface area contributed by atoms with E-state index >= 15 is 0 Å². The molecule has 0 atom stereocenters. The summed E-state index contributed by atoms with van der Waals surface area (Å²) in [5.41, 5.74) is 2.48. The third-order valence-electron chi connectivity index (χ3n) is 4.07. The van der Waals surface area contributed by atoms with Crippen molar-refractivity contribution in [3.63, 3.8) is 0 Å². The summed E-state index contributed by atoms with van der Waals surface area (Å²) in [6.45, 7) is 2.10. The van der Waals surface area contributed by atoms with Gasteiger partial charge in [-0.25, -0.2) is 0 Å². The number of hydrogen-bond acceptors (Lipinski definition) is 3. The van der Waals surface area contributed by atoms with Crippen LogP contribution in [0.2, 0.25) is 0 Å². The molecule has 3 rings (SSSR count). The second-order valence-electron chi connectivity index (χ2n) is 5.30. The van der Waals surface area contributed by atoms with E-state index in [0.717, 1.165) is 18.7 Å². The molecule has 0 bridgehead atoms. The van der Waals surface area contributed by atoms with E-state index in [0.29, 0.717) is 5.89 Å². The van der Waals surface area contributed by atoms with Gasteiger partial charge in [0.25, 0.3) is 0 Å². The summed E-state index contributed by atoms with van der Waals surface area (Å²) < 4.78 is 5.20. The molecule has 1 heterocycles. The molecule has 1 aliphatic carbocycles. The summed E-state index contributed by atoms with van der Waals surface area (Å²) in [4.78, 5) is 4.47. The predicted octanol–water partition coefficient (Wildman–Crippen LogP) is 3.98. The van der Waals surface area contributed by atoms with Crippen molar-refractivity contribution in [3.8, 4) is 0 Å². The van der Waals surface area contributed by atoms with E-state index in [1.807, 2.05) is 0 Å². The highest BCUT2D eigenvalue weighted by Crippen LogP contribution is 2.45. The molecule has 0 aliphatic heterocycles. The van der Waals surface area contributed by atoms with E-state index < -0.39 is 0 Å². The largest absolute Gasteiger partial charge is 0.338 e. The lowest BCUT2D eigenvalue weighted by Gasteiger charge is -2.25. The summed E-state index contributed by atoms with van der Waals surface area (Å²) in [5, 5.41) is 4.17. The molecule has 19 heavy (non-hydrogen) atoms. The van der Waals surface area contributed by atoms with Crippen LogP contribution in [0.5, 0.6) is 0 Å². The molecular formula is C15H17ClN2O. The topological polar surface area (TPSA) is 38.9 Å². The quantitative estimate of drug-likeness (QED) is 0.796. The van der Waals surface area contributed by atoms with Gasteiger partial charge in [-0.1, -0.05) is 47.8 Å². The van der Waals surface area contributed by atoms with Crippen molar-refractivity contribution in [1.82, 2.24) is 10.1 Å². The van der Waals surface area contributed by atoms with Gasteiger partial charge in [-0.3, -0.25) is 0 Å². The Bertz CT molecular complexity index is 556. The minimum atomic E-state index is -0.0818. The van der Waals surface area contributed by atoms with Crippen LogP contribution in [-0.4, -0.2) is 10.1 Å². The number of aryl methyl sites for hydroxylation is 1. The maximum Gasteiger partial charge on any atom is 0.241 e. The number of hydrogen-bond donors (Lipinski definition) is 0. The van der Waals surface area contributed by atoms with Gasteiger partial charge in [-0.05, 0) is 25.3 Å². The lowest BCUT2D eigenvalue weighted by molar-refractivity contribution is 0.368. The van der Waals surface area contributed by atoms with Crippen molar-refractivity contribution in [1.29, 1.82) is 0 Å². The van der Waals surface area contributed by atoms with E-state index in [9.17, 15) is 0 Å². The Morgan fingerprint density at radius 2 is 1.89 bits per heavy atom. The van der Waals surface area contributed by atoms with Gasteiger partial charge in [0, 0.05) is 0 Å². The number of alkyl halides is 1. The first-order valence-corrected chi connectivity index (χ1v) is 7.24. The average molecular weight is 277 g/mol. The van der Waals surface area contributed by atoms with E-state index in [1.165, 1.54) is 24.0 Å². The summed E-state index contributed by atoms with van der Waals surface area (Å²) in [5.74, 6) is 1.58. The van der Waals surface area contributed by atoms with Gasteiger partial charge in [0.1, 0.15) is 5.88 Å². The first-order valence-electron chi connectivity index (χ1n) is 6.71. The molecule has 0 spiro atoms. The maximum absolute atomic E-state index is 5.76. The number of halogens is 1. The molecule has 2 aromatic rings. The van der Waals surface area contributed by atoms with Crippen LogP contribution < -0.4 is 0 Å². The van der Waals surface area contributed by atoms with Crippen molar-refractivity contribution in [2.24, 2.45) is 0 Å². The van der Waals surface area contributed by atoms with Crippen molar-refractivity contribution in [2.75, 3.05) is 0 Å². The van der Waals surface area contributed by atoms with Gasteiger partial charge in [0.05, 0.1) is 5.41 Å². The minimum absolute atomic E-state index is 0.0818. The van der Waals surface area contributed by atoms with Gasteiger partial charge in [0.15, 0.2) is 5.82 Å². The number of rotatable bonds is 3. The van der Waals surface area contributed by atoms with Crippen LogP contribution in [0, 0.1) is 6.92 Å². The second kappa shape index (κ2) is 4.97. The molecule has 1 saturated carbocycles. The maximum atomic E-state index is 5.76. The lowest BCUT2D eigenvalue weighted by Crippen LogP contribution is -2.25. The van der Waals surface area contributed by atoms with E-state index in [2.05, 4.69) is 41.3 Å². The Balaban J connectivity index is 2.05. The molecule has 0 saturated heterocycles. The molecule has 1 aromatic carbocycles. The smallest absolute Gasteiger partial charge is 0.241 e. The van der Waals surface area contributed by atoms with Crippen LogP contribution in [0.15, 0.2) is 28.8 Å². The van der Waals surface area contributed by atoms with Crippen LogP contribution in [0.1, 0.15) is 48.5 Å². The Hall–Kier alpha value is -1.35. The Morgan fingerprint density at radius 1 is 1.21 bits per heavy atom. The van der Waals surface area contributed by atoms with E-state index in [1.54, 1.807) is 0 Å². The second-order valence-corrected chi connectivity index (χ2v) is 5.57. The number of aromatic nitrogens is 2. The monoisotopic (exact) mass is 276 g/mol. The predicted molar refractivity (Wildman–Crippen MR) is 74.3 cm³/mol. The summed E-state index contributed by atoms with van der Waals surface area (Å²) in [6.07, 6.45) is 4.58. The zero-order chi connectivity index (χ0) is 13.3. The van der Waals surface area contributed by atoms with Crippen molar-refractivity contribution in [2.45, 2.75) is 43.9 Å². The fraction of sp³-hybridized carbons (Fsp3) is 0.467. The van der Waals surface area contributed by atoms with Gasteiger partial charge < -0.3 is 4.52 Å². The van der Waals surface area contributed by atoms with Crippen molar-refractivity contribution in [3.05, 3.63) is 47.1 Å².